The maximum absolute atomic E-state index is 10.6. The van der Waals surface area contributed by atoms with Crippen molar-refractivity contribution in [2.24, 2.45) is 23.1 Å². The summed E-state index contributed by atoms with van der Waals surface area (Å²) in [6.45, 7) is 4.38. The molecule has 2 heterocycles. The van der Waals surface area contributed by atoms with Crippen LogP contribution < -0.4 is 22.5 Å². The zero-order valence-electron chi connectivity index (χ0n) is 24.6. The number of carboxylic acids is 3. The van der Waals surface area contributed by atoms with Crippen LogP contribution in [0.25, 0.3) is 21.4 Å². The average molecular weight is 629 g/mol. The summed E-state index contributed by atoms with van der Waals surface area (Å²) in [4.78, 5) is 35.1. The molecule has 11 N–H and O–H groups in total. The third-order valence-electron chi connectivity index (χ3n) is 5.49. The molecule has 2 aromatic carbocycles. The van der Waals surface area contributed by atoms with E-state index >= 15 is 0 Å². The van der Waals surface area contributed by atoms with Crippen LogP contribution in [-0.4, -0.2) is 62.8 Å². The number of hydrogen-bond donors (Lipinski definition) is 8. The number of hydrogen-bond acceptors (Lipinski definition) is 9. The van der Waals surface area contributed by atoms with Crippen molar-refractivity contribution < 1.29 is 34.1 Å². The Kier molecular flexibility index (Phi) is 17.1. The van der Waals surface area contributed by atoms with Crippen molar-refractivity contribution >= 4 is 45.3 Å². The van der Waals surface area contributed by atoms with E-state index in [1.807, 2.05) is 68.4 Å². The summed E-state index contributed by atoms with van der Waals surface area (Å²) in [5, 5.41) is 35.7. The highest BCUT2D eigenvalue weighted by atomic mass is 32.1. The summed E-state index contributed by atoms with van der Waals surface area (Å²) < 4.78 is 6.13. The SMILES string of the molecule is CC(C)C[C@H](N)C(=O)O.N=C(N)NCCC[C@H](N)C(=O)O.O=C(O)c1cc2ccccc2s1.c1ccc(-c2cnco2)cc1. The van der Waals surface area contributed by atoms with Crippen LogP contribution in [0.2, 0.25) is 0 Å². The number of benzene rings is 2. The highest BCUT2D eigenvalue weighted by Crippen LogP contribution is 2.24. The molecule has 0 saturated carbocycles. The van der Waals surface area contributed by atoms with Gasteiger partial charge < -0.3 is 42.3 Å². The van der Waals surface area contributed by atoms with Crippen molar-refractivity contribution in [2.75, 3.05) is 6.54 Å². The van der Waals surface area contributed by atoms with Crippen LogP contribution in [0.1, 0.15) is 42.8 Å². The number of aromatic nitrogens is 1. The molecule has 0 fully saturated rings. The predicted octanol–water partition coefficient (Wildman–Crippen LogP) is 4.05. The molecule has 14 heteroatoms. The van der Waals surface area contributed by atoms with E-state index in [2.05, 4.69) is 10.3 Å². The number of thiophene rings is 1. The van der Waals surface area contributed by atoms with Crippen molar-refractivity contribution in [1.82, 2.24) is 10.3 Å². The van der Waals surface area contributed by atoms with Gasteiger partial charge in [-0.1, -0.05) is 62.4 Å². The van der Waals surface area contributed by atoms with Gasteiger partial charge in [-0.25, -0.2) is 9.78 Å². The number of guanidine groups is 1. The zero-order chi connectivity index (χ0) is 33.1. The van der Waals surface area contributed by atoms with Gasteiger partial charge in [0, 0.05) is 16.8 Å². The molecule has 0 aliphatic rings. The molecule has 0 spiro atoms. The molecule has 44 heavy (non-hydrogen) atoms. The van der Waals surface area contributed by atoms with Gasteiger partial charge in [0.2, 0.25) is 0 Å². The molecule has 13 nitrogen and oxygen atoms in total. The number of carboxylic acid groups (broad SMARTS) is 3. The Morgan fingerprint density at radius 1 is 0.977 bits per heavy atom. The number of aromatic carboxylic acids is 1. The van der Waals surface area contributed by atoms with Crippen LogP contribution in [0, 0.1) is 11.3 Å². The molecule has 4 aromatic rings. The summed E-state index contributed by atoms with van der Waals surface area (Å²) in [5.41, 5.74) is 16.5. The highest BCUT2D eigenvalue weighted by Gasteiger charge is 2.12. The second-order valence-electron chi connectivity index (χ2n) is 9.69. The summed E-state index contributed by atoms with van der Waals surface area (Å²) >= 11 is 1.31. The minimum atomic E-state index is -1.00. The molecule has 0 saturated heterocycles. The molecule has 0 amide bonds. The van der Waals surface area contributed by atoms with E-state index in [1.54, 1.807) is 12.3 Å². The first kappa shape index (κ1) is 37.2. The topological polar surface area (TPSA) is 252 Å². The fourth-order valence-corrected chi connectivity index (χ4v) is 4.23. The van der Waals surface area contributed by atoms with Gasteiger partial charge in [0.25, 0.3) is 0 Å². The monoisotopic (exact) mass is 628 g/mol. The summed E-state index contributed by atoms with van der Waals surface area (Å²) in [6.07, 6.45) is 4.66. The maximum Gasteiger partial charge on any atom is 0.345 e. The largest absolute Gasteiger partial charge is 0.480 e. The van der Waals surface area contributed by atoms with E-state index in [0.29, 0.717) is 36.6 Å². The van der Waals surface area contributed by atoms with Gasteiger partial charge in [0.15, 0.2) is 18.1 Å². The maximum atomic E-state index is 10.6. The van der Waals surface area contributed by atoms with Gasteiger partial charge in [0.1, 0.15) is 17.0 Å². The number of nitrogens with two attached hydrogens (primary N) is 3. The van der Waals surface area contributed by atoms with E-state index in [0.717, 1.165) is 21.4 Å². The number of nitrogens with zero attached hydrogens (tertiary/aromatic N) is 1. The van der Waals surface area contributed by atoms with Gasteiger partial charge in [-0.15, -0.1) is 11.3 Å². The van der Waals surface area contributed by atoms with Gasteiger partial charge in [-0.05, 0) is 42.7 Å². The lowest BCUT2D eigenvalue weighted by Crippen LogP contribution is -2.34. The van der Waals surface area contributed by atoms with Crippen LogP contribution in [-0.2, 0) is 9.59 Å². The minimum Gasteiger partial charge on any atom is -0.480 e. The Balaban J connectivity index is 0.000000295. The van der Waals surface area contributed by atoms with E-state index in [4.69, 9.17) is 42.3 Å². The molecular formula is C30H40N6O7S. The van der Waals surface area contributed by atoms with Crippen molar-refractivity contribution in [3.8, 4) is 11.3 Å². The fourth-order valence-electron chi connectivity index (χ4n) is 3.33. The number of carbonyl (C=O) groups is 3. The number of oxazole rings is 1. The van der Waals surface area contributed by atoms with Crippen molar-refractivity contribution in [2.45, 2.75) is 45.2 Å². The van der Waals surface area contributed by atoms with Crippen LogP contribution in [0.4, 0.5) is 0 Å². The normalized spacial score (nSPS) is 11.4. The van der Waals surface area contributed by atoms with Crippen LogP contribution in [0.5, 0.6) is 0 Å². The highest BCUT2D eigenvalue weighted by molar-refractivity contribution is 7.20. The van der Waals surface area contributed by atoms with E-state index < -0.39 is 30.0 Å². The molecule has 0 aliphatic heterocycles. The average Bonchev–Trinajstić information content (AvgIpc) is 3.67. The van der Waals surface area contributed by atoms with Crippen molar-refractivity contribution in [1.29, 1.82) is 5.41 Å². The standard InChI is InChI=1S/C9H7NO.C9H6O2S.C6H14N4O2.C6H13NO2/c1-2-4-8(5-3-1)9-6-10-7-11-9;10-9(11)8-5-6-3-1-2-4-7(6)12-8;7-4(5(11)12)2-1-3-10-6(8)9;1-4(2)3-5(7)6(8)9/h1-7H;1-5H,(H,10,11);4H,1-3,7H2,(H,11,12)(H4,8,9,10);4-5H,3,7H2,1-2H3,(H,8,9)/t;;4-;5-/m..00/s1. The smallest absolute Gasteiger partial charge is 0.345 e. The second-order valence-corrected chi connectivity index (χ2v) is 10.8. The molecular weight excluding hydrogens is 588 g/mol. The van der Waals surface area contributed by atoms with E-state index in [9.17, 15) is 14.4 Å². The predicted molar refractivity (Wildman–Crippen MR) is 171 cm³/mol. The Morgan fingerprint density at radius 2 is 1.59 bits per heavy atom. The first-order valence-corrected chi connectivity index (χ1v) is 14.3. The van der Waals surface area contributed by atoms with Crippen LogP contribution in [0.3, 0.4) is 0 Å². The molecule has 0 aliphatic carbocycles. The van der Waals surface area contributed by atoms with Gasteiger partial charge in [-0.3, -0.25) is 15.0 Å². The number of aliphatic carboxylic acids is 2. The van der Waals surface area contributed by atoms with Crippen molar-refractivity contribution in [3.63, 3.8) is 0 Å². The molecule has 2 atom stereocenters. The second kappa shape index (κ2) is 20.2. The number of rotatable bonds is 10. The lowest BCUT2D eigenvalue weighted by molar-refractivity contribution is -0.139. The minimum absolute atomic E-state index is 0.112. The molecule has 0 radical (unpaired) electrons. The summed E-state index contributed by atoms with van der Waals surface area (Å²) in [7, 11) is 0. The first-order valence-electron chi connectivity index (χ1n) is 13.5. The van der Waals surface area contributed by atoms with Crippen LogP contribution in [0.15, 0.2) is 77.7 Å². The Hall–Kier alpha value is -4.79. The molecule has 4 rings (SSSR count). The Morgan fingerprint density at radius 3 is 2.07 bits per heavy atom. The zero-order valence-corrected chi connectivity index (χ0v) is 25.4. The van der Waals surface area contributed by atoms with E-state index in [1.165, 1.54) is 17.7 Å². The number of nitrogens with one attached hydrogen (secondary N) is 2. The lowest BCUT2D eigenvalue weighted by atomic mass is 10.1. The Labute approximate surface area is 259 Å². The van der Waals surface area contributed by atoms with Crippen LogP contribution >= 0.6 is 11.3 Å². The summed E-state index contributed by atoms with van der Waals surface area (Å²) in [6, 6.07) is 17.7. The first-order chi connectivity index (χ1) is 20.8. The third kappa shape index (κ3) is 15.4. The van der Waals surface area contributed by atoms with E-state index in [-0.39, 0.29) is 5.96 Å². The Bertz CT molecular complexity index is 1400. The number of fused-ring (bicyclic) bond motifs is 1. The van der Waals surface area contributed by atoms with Gasteiger partial charge >= 0.3 is 17.9 Å². The third-order valence-corrected chi connectivity index (χ3v) is 6.60. The molecule has 0 unspecified atom stereocenters. The molecule has 238 valence electrons. The fraction of sp³-hybridized carbons (Fsp3) is 0.300. The molecule has 2 aromatic heterocycles. The summed E-state index contributed by atoms with van der Waals surface area (Å²) in [5.74, 6) is -1.71. The van der Waals surface area contributed by atoms with Crippen molar-refractivity contribution in [3.05, 3.63) is 78.1 Å². The van der Waals surface area contributed by atoms with Gasteiger partial charge in [-0.2, -0.15) is 0 Å². The quantitative estimate of drug-likeness (QED) is 0.0703. The lowest BCUT2D eigenvalue weighted by Gasteiger charge is -2.07. The molecule has 0 bridgehead atoms. The van der Waals surface area contributed by atoms with Gasteiger partial charge in [0.05, 0.1) is 6.20 Å².